The van der Waals surface area contributed by atoms with Crippen molar-refractivity contribution in [3.63, 3.8) is 0 Å². The van der Waals surface area contributed by atoms with Crippen molar-refractivity contribution < 1.29 is 5.21 Å². The van der Waals surface area contributed by atoms with Crippen LogP contribution in [0.1, 0.15) is 22.3 Å². The molecule has 2 rings (SSSR count). The maximum atomic E-state index is 8.83. The Balaban J connectivity index is 2.24. The lowest BCUT2D eigenvalue weighted by Gasteiger charge is -2.14. The Bertz CT molecular complexity index is 615. The first-order valence-electron chi connectivity index (χ1n) is 6.49. The third-order valence-corrected chi connectivity index (χ3v) is 3.34. The molecule has 0 fully saturated rings. The van der Waals surface area contributed by atoms with E-state index in [1.165, 1.54) is 11.1 Å². The first-order valence-corrected chi connectivity index (χ1v) is 6.49. The normalized spacial score (nSPS) is 11.4. The van der Waals surface area contributed by atoms with Crippen LogP contribution in [0.3, 0.4) is 0 Å². The summed E-state index contributed by atoms with van der Waals surface area (Å²) >= 11 is 0. The molecule has 0 unspecified atom stereocenters. The Morgan fingerprint density at radius 3 is 2.40 bits per heavy atom. The lowest BCUT2D eigenvalue weighted by atomic mass is 10.1. The molecule has 0 aliphatic carbocycles. The fourth-order valence-corrected chi connectivity index (χ4v) is 2.26. The van der Waals surface area contributed by atoms with Crippen molar-refractivity contribution in [1.82, 2.24) is 0 Å². The summed E-state index contributed by atoms with van der Waals surface area (Å²) in [6, 6.07) is 13.8. The third-order valence-electron chi connectivity index (χ3n) is 3.34. The molecule has 2 aromatic rings. The fourth-order valence-electron chi connectivity index (χ4n) is 2.26. The van der Waals surface area contributed by atoms with E-state index in [1.807, 2.05) is 30.3 Å². The minimum atomic E-state index is 0.129. The van der Waals surface area contributed by atoms with Crippen LogP contribution in [-0.4, -0.2) is 11.0 Å². The van der Waals surface area contributed by atoms with Crippen LogP contribution in [0.2, 0.25) is 0 Å². The molecule has 2 aromatic carbocycles. The topological polar surface area (TPSA) is 70.6 Å². The molecule has 0 amide bonds. The van der Waals surface area contributed by atoms with Crippen LogP contribution < -0.4 is 11.1 Å². The fraction of sp³-hybridized carbons (Fsp3) is 0.188. The van der Waals surface area contributed by atoms with Crippen molar-refractivity contribution in [1.29, 1.82) is 0 Å². The molecule has 0 spiro atoms. The monoisotopic (exact) mass is 269 g/mol. The molecule has 0 aliphatic heterocycles. The number of nitrogens with two attached hydrogens (primary N) is 1. The van der Waals surface area contributed by atoms with Gasteiger partial charge in [-0.2, -0.15) is 0 Å². The van der Waals surface area contributed by atoms with Gasteiger partial charge < -0.3 is 16.3 Å². The molecule has 0 aliphatic rings. The van der Waals surface area contributed by atoms with Crippen molar-refractivity contribution in [2.75, 3.05) is 5.32 Å². The number of aryl methyl sites for hydroxylation is 2. The number of benzene rings is 2. The zero-order valence-electron chi connectivity index (χ0n) is 11.7. The standard InChI is InChI=1S/C16H19N3O/c1-11-6-5-7-12(2)15(11)18-10-13-8-3-4-9-14(13)16(17)19-20/h3-9,18,20H,10H2,1-2H3,(H2,17,19). The molecule has 4 heteroatoms. The van der Waals surface area contributed by atoms with Gasteiger partial charge in [0.15, 0.2) is 5.84 Å². The highest BCUT2D eigenvalue weighted by Crippen LogP contribution is 2.21. The van der Waals surface area contributed by atoms with Gasteiger partial charge in [-0.15, -0.1) is 0 Å². The first kappa shape index (κ1) is 13.9. The quantitative estimate of drug-likeness (QED) is 0.346. The zero-order valence-corrected chi connectivity index (χ0v) is 11.7. The molecule has 0 atom stereocenters. The summed E-state index contributed by atoms with van der Waals surface area (Å²) in [5.41, 5.74) is 11.0. The SMILES string of the molecule is Cc1cccc(C)c1NCc1ccccc1C(N)=NO. The number of amidine groups is 1. The van der Waals surface area contributed by atoms with E-state index < -0.39 is 0 Å². The Morgan fingerprint density at radius 1 is 1.10 bits per heavy atom. The summed E-state index contributed by atoms with van der Waals surface area (Å²) < 4.78 is 0. The van der Waals surface area contributed by atoms with Crippen molar-refractivity contribution in [2.45, 2.75) is 20.4 Å². The Morgan fingerprint density at radius 2 is 1.75 bits per heavy atom. The van der Waals surface area contributed by atoms with E-state index in [-0.39, 0.29) is 5.84 Å². The highest BCUT2D eigenvalue weighted by Gasteiger charge is 2.07. The van der Waals surface area contributed by atoms with E-state index in [2.05, 4.69) is 36.5 Å². The molecule has 0 radical (unpaired) electrons. The largest absolute Gasteiger partial charge is 0.409 e. The second kappa shape index (κ2) is 6.10. The highest BCUT2D eigenvalue weighted by atomic mass is 16.4. The average Bonchev–Trinajstić information content (AvgIpc) is 2.46. The van der Waals surface area contributed by atoms with Gasteiger partial charge in [0.05, 0.1) is 0 Å². The second-order valence-corrected chi connectivity index (χ2v) is 4.76. The average molecular weight is 269 g/mol. The summed E-state index contributed by atoms with van der Waals surface area (Å²) in [5, 5.41) is 15.3. The van der Waals surface area contributed by atoms with Gasteiger partial charge in [-0.05, 0) is 30.5 Å². The number of hydrogen-bond acceptors (Lipinski definition) is 3. The van der Waals surface area contributed by atoms with Crippen molar-refractivity contribution in [3.05, 3.63) is 64.7 Å². The summed E-state index contributed by atoms with van der Waals surface area (Å²) in [7, 11) is 0. The summed E-state index contributed by atoms with van der Waals surface area (Å²) in [5.74, 6) is 0.129. The Kier molecular flexibility index (Phi) is 4.25. The number of nitrogens with zero attached hydrogens (tertiary/aromatic N) is 1. The van der Waals surface area contributed by atoms with Gasteiger partial charge >= 0.3 is 0 Å². The minimum Gasteiger partial charge on any atom is -0.409 e. The summed E-state index contributed by atoms with van der Waals surface area (Å²) in [4.78, 5) is 0. The first-order chi connectivity index (χ1) is 9.63. The van der Waals surface area contributed by atoms with Crippen LogP contribution in [0.5, 0.6) is 0 Å². The van der Waals surface area contributed by atoms with Crippen molar-refractivity contribution in [2.24, 2.45) is 10.9 Å². The maximum absolute atomic E-state index is 8.83. The molecule has 0 aromatic heterocycles. The number of oxime groups is 1. The number of anilines is 1. The molecule has 20 heavy (non-hydrogen) atoms. The Hall–Kier alpha value is -2.49. The Labute approximate surface area is 118 Å². The van der Waals surface area contributed by atoms with E-state index in [0.29, 0.717) is 6.54 Å². The molecular weight excluding hydrogens is 250 g/mol. The van der Waals surface area contributed by atoms with Crippen LogP contribution in [0.15, 0.2) is 47.6 Å². The van der Waals surface area contributed by atoms with Gasteiger partial charge in [-0.1, -0.05) is 47.6 Å². The van der Waals surface area contributed by atoms with Crippen molar-refractivity contribution >= 4 is 11.5 Å². The van der Waals surface area contributed by atoms with E-state index in [4.69, 9.17) is 10.9 Å². The number of para-hydroxylation sites is 1. The molecule has 0 saturated carbocycles. The van der Waals surface area contributed by atoms with E-state index in [1.54, 1.807) is 0 Å². The molecule has 0 bridgehead atoms. The summed E-state index contributed by atoms with van der Waals surface area (Å²) in [6.07, 6.45) is 0. The predicted octanol–water partition coefficient (Wildman–Crippen LogP) is 3.01. The van der Waals surface area contributed by atoms with E-state index in [9.17, 15) is 0 Å². The van der Waals surface area contributed by atoms with Gasteiger partial charge in [0.25, 0.3) is 0 Å². The van der Waals surface area contributed by atoms with Crippen molar-refractivity contribution in [3.8, 4) is 0 Å². The van der Waals surface area contributed by atoms with Crippen LogP contribution in [-0.2, 0) is 6.54 Å². The van der Waals surface area contributed by atoms with Crippen LogP contribution in [0.4, 0.5) is 5.69 Å². The third kappa shape index (κ3) is 2.91. The summed E-state index contributed by atoms with van der Waals surface area (Å²) in [6.45, 7) is 4.77. The van der Waals surface area contributed by atoms with Gasteiger partial charge in [0, 0.05) is 17.8 Å². The maximum Gasteiger partial charge on any atom is 0.170 e. The molecule has 4 nitrogen and oxygen atoms in total. The lowest BCUT2D eigenvalue weighted by molar-refractivity contribution is 0.318. The van der Waals surface area contributed by atoms with Crippen LogP contribution in [0, 0.1) is 13.8 Å². The highest BCUT2D eigenvalue weighted by molar-refractivity contribution is 5.98. The second-order valence-electron chi connectivity index (χ2n) is 4.76. The van der Waals surface area contributed by atoms with E-state index in [0.717, 1.165) is 16.8 Å². The molecule has 0 heterocycles. The van der Waals surface area contributed by atoms with Gasteiger partial charge in [0.1, 0.15) is 0 Å². The number of rotatable bonds is 4. The molecule has 104 valence electrons. The smallest absolute Gasteiger partial charge is 0.170 e. The van der Waals surface area contributed by atoms with Gasteiger partial charge in [-0.3, -0.25) is 0 Å². The minimum absolute atomic E-state index is 0.129. The van der Waals surface area contributed by atoms with Gasteiger partial charge in [0.2, 0.25) is 0 Å². The van der Waals surface area contributed by atoms with Crippen LogP contribution in [0.25, 0.3) is 0 Å². The molecular formula is C16H19N3O. The predicted molar refractivity (Wildman–Crippen MR) is 82.2 cm³/mol. The van der Waals surface area contributed by atoms with Gasteiger partial charge in [-0.25, -0.2) is 0 Å². The zero-order chi connectivity index (χ0) is 14.5. The number of nitrogens with one attached hydrogen (secondary N) is 1. The molecule has 4 N–H and O–H groups in total. The van der Waals surface area contributed by atoms with Crippen LogP contribution >= 0.6 is 0 Å². The number of hydrogen-bond donors (Lipinski definition) is 3. The lowest BCUT2D eigenvalue weighted by Crippen LogP contribution is -2.17. The molecule has 0 saturated heterocycles. The van der Waals surface area contributed by atoms with E-state index >= 15 is 0 Å².